The van der Waals surface area contributed by atoms with Crippen LogP contribution in [0, 0.1) is 17.0 Å². The van der Waals surface area contributed by atoms with Gasteiger partial charge in [-0.2, -0.15) is 0 Å². The van der Waals surface area contributed by atoms with Crippen LogP contribution in [0.5, 0.6) is 0 Å². The zero-order chi connectivity index (χ0) is 18.5. The Morgan fingerprint density at radius 3 is 2.70 bits per heavy atom. The van der Waals surface area contributed by atoms with Crippen molar-refractivity contribution in [1.82, 2.24) is 4.98 Å². The van der Waals surface area contributed by atoms with Gasteiger partial charge in [0.2, 0.25) is 0 Å². The minimum absolute atomic E-state index is 0. The van der Waals surface area contributed by atoms with E-state index in [1.165, 1.54) is 17.4 Å². The highest BCUT2D eigenvalue weighted by Gasteiger charge is 2.23. The number of aromatic nitrogens is 1. The maximum Gasteiger partial charge on any atom is 0.338 e. The zero-order valence-electron chi connectivity index (χ0n) is 15.1. The van der Waals surface area contributed by atoms with Crippen molar-refractivity contribution >= 4 is 41.1 Å². The number of anilines is 1. The van der Waals surface area contributed by atoms with Crippen molar-refractivity contribution in [2.75, 3.05) is 24.6 Å². The molecule has 1 saturated heterocycles. The fourth-order valence-electron chi connectivity index (χ4n) is 3.08. The molecule has 1 aromatic carbocycles. The molecule has 0 amide bonds. The van der Waals surface area contributed by atoms with E-state index >= 15 is 0 Å². The molecule has 1 aliphatic heterocycles. The Kier molecular flexibility index (Phi) is 7.55. The second-order valence-corrected chi connectivity index (χ2v) is 7.19. The van der Waals surface area contributed by atoms with Gasteiger partial charge in [-0.15, -0.1) is 23.7 Å². The maximum atomic E-state index is 12.2. The number of ether oxygens (including phenoxy) is 1. The van der Waals surface area contributed by atoms with Crippen molar-refractivity contribution in [1.29, 1.82) is 0 Å². The van der Waals surface area contributed by atoms with Crippen LogP contribution in [-0.2, 0) is 11.2 Å². The average molecular weight is 412 g/mol. The molecule has 9 heteroatoms. The number of carbonyl (C=O) groups excluding carboxylic acids is 1. The van der Waals surface area contributed by atoms with E-state index in [2.05, 4.69) is 4.98 Å². The Hall–Kier alpha value is -2.19. The van der Waals surface area contributed by atoms with Crippen molar-refractivity contribution < 1.29 is 14.5 Å². The number of hydrogen-bond donors (Lipinski definition) is 0. The number of nitrogens with zero attached hydrogens (tertiary/aromatic N) is 3. The van der Waals surface area contributed by atoms with Gasteiger partial charge in [-0.1, -0.05) is 0 Å². The van der Waals surface area contributed by atoms with Crippen molar-refractivity contribution in [3.8, 4) is 0 Å². The van der Waals surface area contributed by atoms with Crippen LogP contribution < -0.4 is 4.90 Å². The number of carbonyl (C=O) groups is 1. The molecule has 1 fully saturated rings. The fourth-order valence-corrected chi connectivity index (χ4v) is 3.85. The van der Waals surface area contributed by atoms with Gasteiger partial charge in [-0.05, 0) is 38.3 Å². The van der Waals surface area contributed by atoms with Crippen LogP contribution in [0.1, 0.15) is 40.2 Å². The second kappa shape index (κ2) is 9.66. The topological polar surface area (TPSA) is 85.6 Å². The molecule has 2 aromatic rings. The highest BCUT2D eigenvalue weighted by molar-refractivity contribution is 7.09. The number of nitro benzene ring substituents is 1. The predicted octanol–water partition coefficient (Wildman–Crippen LogP) is 4.17. The van der Waals surface area contributed by atoms with E-state index in [-0.39, 0.29) is 30.3 Å². The Balaban J connectivity index is 0.00000261. The third-order valence-electron chi connectivity index (χ3n) is 4.51. The number of piperidine rings is 1. The molecule has 1 aromatic heterocycles. The number of nitro groups is 1. The van der Waals surface area contributed by atoms with Gasteiger partial charge in [0.05, 0.1) is 28.3 Å². The first-order chi connectivity index (χ1) is 12.6. The van der Waals surface area contributed by atoms with E-state index in [1.807, 2.05) is 11.8 Å². The molecule has 0 atom stereocenters. The SMILES string of the molecule is Cc1ncsc1CCOC(=O)c1ccc(N2CCCCC2)c([N+](=O)[O-])c1.Cl. The molecule has 1 aliphatic rings. The summed E-state index contributed by atoms with van der Waals surface area (Å²) in [6.07, 6.45) is 3.79. The summed E-state index contributed by atoms with van der Waals surface area (Å²) in [6.45, 7) is 3.75. The van der Waals surface area contributed by atoms with E-state index < -0.39 is 10.9 Å². The van der Waals surface area contributed by atoms with Crippen LogP contribution in [0.4, 0.5) is 11.4 Å². The summed E-state index contributed by atoms with van der Waals surface area (Å²) < 4.78 is 5.28. The van der Waals surface area contributed by atoms with Crippen LogP contribution in [-0.4, -0.2) is 35.6 Å². The summed E-state index contributed by atoms with van der Waals surface area (Å²) in [5.41, 5.74) is 3.44. The van der Waals surface area contributed by atoms with Crippen molar-refractivity contribution in [3.05, 3.63) is 50.0 Å². The first-order valence-corrected chi connectivity index (χ1v) is 9.53. The molecule has 0 saturated carbocycles. The lowest BCUT2D eigenvalue weighted by Crippen LogP contribution is -2.30. The molecule has 0 aliphatic carbocycles. The van der Waals surface area contributed by atoms with E-state index in [0.717, 1.165) is 42.9 Å². The molecule has 146 valence electrons. The third kappa shape index (κ3) is 5.17. The monoisotopic (exact) mass is 411 g/mol. The molecule has 2 heterocycles. The van der Waals surface area contributed by atoms with Gasteiger partial charge in [-0.25, -0.2) is 9.78 Å². The highest BCUT2D eigenvalue weighted by Crippen LogP contribution is 2.31. The van der Waals surface area contributed by atoms with Gasteiger partial charge < -0.3 is 9.64 Å². The predicted molar refractivity (Wildman–Crippen MR) is 107 cm³/mol. The molecule has 0 N–H and O–H groups in total. The lowest BCUT2D eigenvalue weighted by molar-refractivity contribution is -0.384. The molecule has 27 heavy (non-hydrogen) atoms. The minimum Gasteiger partial charge on any atom is -0.462 e. The zero-order valence-corrected chi connectivity index (χ0v) is 16.7. The molecule has 0 spiro atoms. The molecule has 0 bridgehead atoms. The Morgan fingerprint density at radius 2 is 2.07 bits per heavy atom. The average Bonchev–Trinajstić information content (AvgIpc) is 3.06. The van der Waals surface area contributed by atoms with Crippen LogP contribution in [0.3, 0.4) is 0 Å². The molecular formula is C18H22ClN3O4S. The number of esters is 1. The largest absolute Gasteiger partial charge is 0.462 e. The normalized spacial score (nSPS) is 13.7. The van der Waals surface area contributed by atoms with Gasteiger partial charge in [0.1, 0.15) is 5.69 Å². The second-order valence-electron chi connectivity index (χ2n) is 6.26. The number of halogens is 1. The van der Waals surface area contributed by atoms with Gasteiger partial charge in [0.15, 0.2) is 0 Å². The number of benzene rings is 1. The van der Waals surface area contributed by atoms with Crippen LogP contribution in [0.2, 0.25) is 0 Å². The van der Waals surface area contributed by atoms with Crippen molar-refractivity contribution in [3.63, 3.8) is 0 Å². The van der Waals surface area contributed by atoms with Crippen LogP contribution >= 0.6 is 23.7 Å². The first kappa shape index (κ1) is 21.1. The Labute approximate surface area is 167 Å². The van der Waals surface area contributed by atoms with Gasteiger partial charge in [0, 0.05) is 30.5 Å². The third-order valence-corrected chi connectivity index (χ3v) is 5.51. The van der Waals surface area contributed by atoms with Crippen LogP contribution in [0.25, 0.3) is 0 Å². The van der Waals surface area contributed by atoms with Gasteiger partial charge in [-0.3, -0.25) is 10.1 Å². The number of aryl methyl sites for hydroxylation is 1. The van der Waals surface area contributed by atoms with E-state index in [0.29, 0.717) is 12.1 Å². The molecule has 0 radical (unpaired) electrons. The summed E-state index contributed by atoms with van der Waals surface area (Å²) in [5, 5.41) is 11.5. The number of hydrogen-bond acceptors (Lipinski definition) is 7. The molecule has 7 nitrogen and oxygen atoms in total. The number of rotatable bonds is 6. The number of thiazole rings is 1. The molecule has 0 unspecified atom stereocenters. The van der Waals surface area contributed by atoms with E-state index in [9.17, 15) is 14.9 Å². The van der Waals surface area contributed by atoms with Crippen molar-refractivity contribution in [2.45, 2.75) is 32.6 Å². The smallest absolute Gasteiger partial charge is 0.338 e. The highest BCUT2D eigenvalue weighted by atomic mass is 35.5. The summed E-state index contributed by atoms with van der Waals surface area (Å²) in [6, 6.07) is 4.59. The minimum atomic E-state index is -0.541. The lowest BCUT2D eigenvalue weighted by Gasteiger charge is -2.28. The fraction of sp³-hybridized carbons (Fsp3) is 0.444. The van der Waals surface area contributed by atoms with E-state index in [1.54, 1.807) is 17.6 Å². The first-order valence-electron chi connectivity index (χ1n) is 8.65. The summed E-state index contributed by atoms with van der Waals surface area (Å²) in [7, 11) is 0. The van der Waals surface area contributed by atoms with Crippen molar-refractivity contribution in [2.24, 2.45) is 0 Å². The maximum absolute atomic E-state index is 12.2. The lowest BCUT2D eigenvalue weighted by atomic mass is 10.1. The summed E-state index contributed by atoms with van der Waals surface area (Å²) >= 11 is 1.52. The Bertz CT molecular complexity index is 806. The summed E-state index contributed by atoms with van der Waals surface area (Å²) in [5.74, 6) is -0.541. The van der Waals surface area contributed by atoms with Gasteiger partial charge >= 0.3 is 5.97 Å². The van der Waals surface area contributed by atoms with Crippen LogP contribution in [0.15, 0.2) is 23.7 Å². The Morgan fingerprint density at radius 1 is 1.33 bits per heavy atom. The van der Waals surface area contributed by atoms with E-state index in [4.69, 9.17) is 4.74 Å². The summed E-state index contributed by atoms with van der Waals surface area (Å²) in [4.78, 5) is 30.5. The van der Waals surface area contributed by atoms with Gasteiger partial charge in [0.25, 0.3) is 5.69 Å². The molecular weight excluding hydrogens is 390 g/mol. The molecule has 3 rings (SSSR count). The quantitative estimate of drug-likeness (QED) is 0.403. The standard InChI is InChI=1S/C18H21N3O4S.ClH/c1-13-17(26-12-19-13)7-10-25-18(22)14-5-6-15(16(11-14)21(23)24)20-8-3-2-4-9-20;/h5-6,11-12H,2-4,7-10H2,1H3;1H.